The van der Waals surface area contributed by atoms with Gasteiger partial charge in [-0.15, -0.1) is 0 Å². The molecule has 0 unspecified atom stereocenters. The molecule has 0 bridgehead atoms. The van der Waals surface area contributed by atoms with E-state index in [0.717, 1.165) is 9.32 Å². The molecule has 0 aliphatic heterocycles. The first-order valence-electron chi connectivity index (χ1n) is 10.4. The second kappa shape index (κ2) is 12.4. The van der Waals surface area contributed by atoms with E-state index in [2.05, 4.69) is 33.2 Å². The van der Waals surface area contributed by atoms with Crippen LogP contribution in [0.3, 0.4) is 0 Å². The second-order valence-corrected chi connectivity index (χ2v) is 8.24. The summed E-state index contributed by atoms with van der Waals surface area (Å²) in [5.74, 6) is 0.432. The maximum absolute atomic E-state index is 12.4. The fourth-order valence-electron chi connectivity index (χ4n) is 2.89. The Morgan fingerprint density at radius 3 is 2.26 bits per heavy atom. The predicted octanol–water partition coefficient (Wildman–Crippen LogP) is 5.25. The molecule has 0 saturated heterocycles. The molecule has 7 nitrogen and oxygen atoms in total. The summed E-state index contributed by atoms with van der Waals surface area (Å²) in [5.41, 5.74) is 1.89. The quantitative estimate of drug-likeness (QED) is 0.209. The van der Waals surface area contributed by atoms with Crippen LogP contribution in [0.2, 0.25) is 0 Å². The third-order valence-corrected chi connectivity index (χ3v) is 5.13. The van der Waals surface area contributed by atoms with Crippen LogP contribution in [-0.4, -0.2) is 25.0 Å². The molecule has 3 aromatic rings. The number of benzene rings is 3. The number of nitriles is 1. The fraction of sp³-hybridized carbons (Fsp3) is 0.115. The summed E-state index contributed by atoms with van der Waals surface area (Å²) >= 11 is 2.15. The Bertz CT molecular complexity index is 1220. The number of amides is 2. The van der Waals surface area contributed by atoms with Crippen LogP contribution in [0.4, 0.5) is 11.4 Å². The van der Waals surface area contributed by atoms with Crippen molar-refractivity contribution in [2.75, 3.05) is 23.8 Å². The van der Waals surface area contributed by atoms with Gasteiger partial charge in [-0.05, 0) is 95.8 Å². The van der Waals surface area contributed by atoms with Crippen LogP contribution in [0.1, 0.15) is 12.5 Å². The highest BCUT2D eigenvalue weighted by atomic mass is 127. The van der Waals surface area contributed by atoms with Crippen LogP contribution in [-0.2, 0) is 9.59 Å². The van der Waals surface area contributed by atoms with Gasteiger partial charge in [-0.1, -0.05) is 18.2 Å². The number of hydrogen-bond donors (Lipinski definition) is 2. The molecule has 0 aliphatic rings. The molecule has 0 fully saturated rings. The monoisotopic (exact) mass is 567 g/mol. The van der Waals surface area contributed by atoms with Gasteiger partial charge in [0, 0.05) is 14.9 Å². The van der Waals surface area contributed by atoms with Crippen molar-refractivity contribution in [2.45, 2.75) is 6.92 Å². The van der Waals surface area contributed by atoms with Crippen molar-refractivity contribution >= 4 is 51.9 Å². The number of nitrogens with one attached hydrogen (secondary N) is 2. The van der Waals surface area contributed by atoms with Crippen molar-refractivity contribution in [3.05, 3.63) is 87.5 Å². The SMILES string of the molecule is CCOc1ccc(NC(=O)COc2ccc(/C=C(\C#N)C(=O)Nc3cccc(I)c3)cc2)cc1. The Hall–Kier alpha value is -3.84. The highest BCUT2D eigenvalue weighted by Crippen LogP contribution is 2.18. The smallest absolute Gasteiger partial charge is 0.266 e. The molecule has 3 aromatic carbocycles. The number of anilines is 2. The van der Waals surface area contributed by atoms with Crippen LogP contribution in [0.5, 0.6) is 11.5 Å². The van der Waals surface area contributed by atoms with Crippen molar-refractivity contribution in [2.24, 2.45) is 0 Å². The van der Waals surface area contributed by atoms with Crippen molar-refractivity contribution in [1.29, 1.82) is 5.26 Å². The van der Waals surface area contributed by atoms with Gasteiger partial charge in [0.1, 0.15) is 23.1 Å². The summed E-state index contributed by atoms with van der Waals surface area (Å²) in [6.45, 7) is 2.32. The van der Waals surface area contributed by atoms with E-state index < -0.39 is 5.91 Å². The van der Waals surface area contributed by atoms with Gasteiger partial charge in [-0.2, -0.15) is 5.26 Å². The number of carbonyl (C=O) groups excluding carboxylic acids is 2. The minimum atomic E-state index is -0.490. The van der Waals surface area contributed by atoms with Gasteiger partial charge in [0.05, 0.1) is 6.61 Å². The highest BCUT2D eigenvalue weighted by molar-refractivity contribution is 14.1. The van der Waals surface area contributed by atoms with Crippen molar-refractivity contribution in [3.63, 3.8) is 0 Å². The lowest BCUT2D eigenvalue weighted by Gasteiger charge is -2.09. The minimum Gasteiger partial charge on any atom is -0.494 e. The molecule has 0 spiro atoms. The number of hydrogen-bond acceptors (Lipinski definition) is 5. The molecule has 8 heteroatoms. The maximum Gasteiger partial charge on any atom is 0.266 e. The summed E-state index contributed by atoms with van der Waals surface area (Å²) in [4.78, 5) is 24.6. The average molecular weight is 567 g/mol. The fourth-order valence-corrected chi connectivity index (χ4v) is 3.43. The van der Waals surface area contributed by atoms with Gasteiger partial charge in [0.25, 0.3) is 11.8 Å². The summed E-state index contributed by atoms with van der Waals surface area (Å²) in [6, 6.07) is 23.0. The Morgan fingerprint density at radius 1 is 0.941 bits per heavy atom. The summed E-state index contributed by atoms with van der Waals surface area (Å²) < 4.78 is 11.9. The van der Waals surface area contributed by atoms with Gasteiger partial charge >= 0.3 is 0 Å². The molecule has 34 heavy (non-hydrogen) atoms. The molecule has 2 amide bonds. The van der Waals surface area contributed by atoms with Crippen molar-refractivity contribution in [3.8, 4) is 17.6 Å². The topological polar surface area (TPSA) is 100 Å². The zero-order valence-corrected chi connectivity index (χ0v) is 20.5. The van der Waals surface area contributed by atoms with Gasteiger partial charge in [0.2, 0.25) is 0 Å². The van der Waals surface area contributed by atoms with Gasteiger partial charge in [-0.25, -0.2) is 0 Å². The van der Waals surface area contributed by atoms with Crippen LogP contribution in [0.15, 0.2) is 78.4 Å². The number of ether oxygens (including phenoxy) is 2. The molecule has 0 aliphatic carbocycles. The average Bonchev–Trinajstić information content (AvgIpc) is 2.83. The summed E-state index contributed by atoms with van der Waals surface area (Å²) in [6.07, 6.45) is 1.49. The molecule has 172 valence electrons. The van der Waals surface area contributed by atoms with Crippen LogP contribution < -0.4 is 20.1 Å². The molecule has 0 saturated carbocycles. The Labute approximate surface area is 211 Å². The normalized spacial score (nSPS) is 10.7. The Kier molecular flexibility index (Phi) is 9.05. The van der Waals surface area contributed by atoms with E-state index in [-0.39, 0.29) is 18.1 Å². The largest absolute Gasteiger partial charge is 0.494 e. The Morgan fingerprint density at radius 2 is 1.62 bits per heavy atom. The zero-order valence-electron chi connectivity index (χ0n) is 18.4. The minimum absolute atomic E-state index is 0.0257. The van der Waals surface area contributed by atoms with E-state index >= 15 is 0 Å². The lowest BCUT2D eigenvalue weighted by Crippen LogP contribution is -2.20. The zero-order chi connectivity index (χ0) is 24.3. The van der Waals surface area contributed by atoms with E-state index in [9.17, 15) is 14.9 Å². The molecule has 3 rings (SSSR count). The van der Waals surface area contributed by atoms with Crippen LogP contribution in [0, 0.1) is 14.9 Å². The highest BCUT2D eigenvalue weighted by Gasteiger charge is 2.10. The third kappa shape index (κ3) is 7.64. The first-order chi connectivity index (χ1) is 16.5. The van der Waals surface area contributed by atoms with Crippen LogP contribution >= 0.6 is 22.6 Å². The van der Waals surface area contributed by atoms with Gasteiger partial charge < -0.3 is 20.1 Å². The number of nitrogens with zero attached hydrogens (tertiary/aromatic N) is 1. The first kappa shape index (κ1) is 24.8. The molecule has 0 aromatic heterocycles. The molecule has 0 heterocycles. The van der Waals surface area contributed by atoms with E-state index in [1.807, 2.05) is 31.2 Å². The Balaban J connectivity index is 1.54. The molecule has 0 atom stereocenters. The predicted molar refractivity (Wildman–Crippen MR) is 140 cm³/mol. The van der Waals surface area contributed by atoms with E-state index in [0.29, 0.717) is 29.3 Å². The molecular formula is C26H22IN3O4. The van der Waals surface area contributed by atoms with Crippen molar-refractivity contribution in [1.82, 2.24) is 0 Å². The van der Waals surface area contributed by atoms with E-state index in [4.69, 9.17) is 9.47 Å². The third-order valence-electron chi connectivity index (χ3n) is 4.46. The molecular weight excluding hydrogens is 545 g/mol. The summed E-state index contributed by atoms with van der Waals surface area (Å²) in [7, 11) is 0. The summed E-state index contributed by atoms with van der Waals surface area (Å²) in [5, 5.41) is 14.9. The lowest BCUT2D eigenvalue weighted by molar-refractivity contribution is -0.118. The standard InChI is InChI=1S/C26H22IN3O4/c1-2-33-23-12-8-21(9-13-23)29-25(31)17-34-24-10-6-18(7-11-24)14-19(16-28)26(32)30-22-5-3-4-20(27)15-22/h3-15H,2,17H2,1H3,(H,29,31)(H,30,32)/b19-14+. The van der Waals surface area contributed by atoms with E-state index in [1.54, 1.807) is 54.6 Å². The second-order valence-electron chi connectivity index (χ2n) is 7.00. The van der Waals surface area contributed by atoms with Gasteiger partial charge in [0.15, 0.2) is 6.61 Å². The lowest BCUT2D eigenvalue weighted by atomic mass is 10.1. The van der Waals surface area contributed by atoms with E-state index in [1.165, 1.54) is 6.08 Å². The maximum atomic E-state index is 12.4. The van der Waals surface area contributed by atoms with Gasteiger partial charge in [-0.3, -0.25) is 9.59 Å². The number of halogens is 1. The molecule has 0 radical (unpaired) electrons. The first-order valence-corrected chi connectivity index (χ1v) is 11.5. The van der Waals surface area contributed by atoms with Crippen LogP contribution in [0.25, 0.3) is 6.08 Å². The molecule has 2 N–H and O–H groups in total. The number of carbonyl (C=O) groups is 2. The van der Waals surface area contributed by atoms with Crippen molar-refractivity contribution < 1.29 is 19.1 Å². The number of rotatable bonds is 9.